The number of hydrogen-bond donors (Lipinski definition) is 1. The van der Waals surface area contributed by atoms with E-state index in [1.54, 1.807) is 18.0 Å². The van der Waals surface area contributed by atoms with Crippen LogP contribution in [0.5, 0.6) is 5.75 Å². The Bertz CT molecular complexity index is 944. The number of nitrogens with zero attached hydrogens (tertiary/aromatic N) is 3. The molecule has 2 heterocycles. The number of benzene rings is 1. The smallest absolute Gasteiger partial charge is 0.252 e. The molecule has 1 aliphatic carbocycles. The second kappa shape index (κ2) is 6.20. The van der Waals surface area contributed by atoms with E-state index in [9.17, 15) is 4.79 Å². The number of carbonyl (C=O) groups excluding carboxylic acids is 1. The van der Waals surface area contributed by atoms with Crippen LogP contribution in [0, 0.1) is 0 Å². The highest BCUT2D eigenvalue weighted by molar-refractivity contribution is 6.06. The minimum Gasteiger partial charge on any atom is -0.496 e. The first-order valence-corrected chi connectivity index (χ1v) is 8.44. The van der Waals surface area contributed by atoms with Crippen molar-refractivity contribution in [1.29, 1.82) is 0 Å². The molecule has 0 unspecified atom stereocenters. The zero-order valence-corrected chi connectivity index (χ0v) is 14.3. The van der Waals surface area contributed by atoms with E-state index in [2.05, 4.69) is 10.4 Å². The van der Waals surface area contributed by atoms with Gasteiger partial charge in [-0.2, -0.15) is 5.10 Å². The summed E-state index contributed by atoms with van der Waals surface area (Å²) >= 11 is 0. The molecule has 0 bridgehead atoms. The predicted molar refractivity (Wildman–Crippen MR) is 95.6 cm³/mol. The Kier molecular flexibility index (Phi) is 3.87. The Morgan fingerprint density at radius 2 is 2.12 bits per heavy atom. The van der Waals surface area contributed by atoms with Gasteiger partial charge in [0.1, 0.15) is 5.75 Å². The number of methoxy groups -OCH3 is 1. The number of ether oxygens (including phenoxy) is 1. The Morgan fingerprint density at radius 1 is 1.32 bits per heavy atom. The van der Waals surface area contributed by atoms with Crippen LogP contribution in [0.2, 0.25) is 0 Å². The molecule has 1 N–H and O–H groups in total. The van der Waals surface area contributed by atoms with Gasteiger partial charge in [0.2, 0.25) is 0 Å². The van der Waals surface area contributed by atoms with Crippen LogP contribution in [-0.4, -0.2) is 33.8 Å². The number of pyridine rings is 1. The van der Waals surface area contributed by atoms with Gasteiger partial charge in [0.25, 0.3) is 5.91 Å². The number of aryl methyl sites for hydroxylation is 1. The number of carbonyl (C=O) groups is 1. The summed E-state index contributed by atoms with van der Waals surface area (Å²) in [5.74, 6) is 0.656. The topological polar surface area (TPSA) is 69.0 Å². The average molecular weight is 336 g/mol. The van der Waals surface area contributed by atoms with Crippen molar-refractivity contribution in [1.82, 2.24) is 20.1 Å². The zero-order chi connectivity index (χ0) is 17.4. The molecule has 25 heavy (non-hydrogen) atoms. The molecule has 0 saturated heterocycles. The fraction of sp³-hybridized carbons (Fsp3) is 0.316. The third-order valence-electron chi connectivity index (χ3n) is 4.77. The largest absolute Gasteiger partial charge is 0.496 e. The van der Waals surface area contributed by atoms with Gasteiger partial charge in [-0.1, -0.05) is 12.1 Å². The number of rotatable bonds is 4. The molecule has 0 radical (unpaired) electrons. The fourth-order valence-corrected chi connectivity index (χ4v) is 3.11. The van der Waals surface area contributed by atoms with Gasteiger partial charge in [0, 0.05) is 18.7 Å². The second-order valence-corrected chi connectivity index (χ2v) is 6.36. The molecule has 1 amide bonds. The molecule has 1 saturated carbocycles. The maximum atomic E-state index is 12.8. The van der Waals surface area contributed by atoms with Crippen molar-refractivity contribution < 1.29 is 9.53 Å². The van der Waals surface area contributed by atoms with E-state index in [-0.39, 0.29) is 11.9 Å². The number of amides is 1. The van der Waals surface area contributed by atoms with Crippen LogP contribution in [0.15, 0.2) is 36.5 Å². The van der Waals surface area contributed by atoms with Crippen molar-refractivity contribution in [3.63, 3.8) is 0 Å². The molecular formula is C19H20N4O2. The van der Waals surface area contributed by atoms with Gasteiger partial charge in [-0.3, -0.25) is 9.48 Å². The van der Waals surface area contributed by atoms with Crippen molar-refractivity contribution >= 4 is 16.9 Å². The molecule has 0 atom stereocenters. The Balaban J connectivity index is 1.85. The van der Waals surface area contributed by atoms with Gasteiger partial charge in [-0.05, 0) is 37.5 Å². The number of hydrogen-bond acceptors (Lipinski definition) is 4. The quantitative estimate of drug-likeness (QED) is 0.795. The van der Waals surface area contributed by atoms with Crippen LogP contribution in [0.25, 0.3) is 22.3 Å². The number of para-hydroxylation sites is 1. The van der Waals surface area contributed by atoms with Crippen LogP contribution in [0.3, 0.4) is 0 Å². The molecule has 1 aliphatic rings. The maximum absolute atomic E-state index is 12.8. The summed E-state index contributed by atoms with van der Waals surface area (Å²) in [6.45, 7) is 0. The first-order valence-electron chi connectivity index (χ1n) is 8.44. The maximum Gasteiger partial charge on any atom is 0.252 e. The van der Waals surface area contributed by atoms with E-state index in [1.807, 2.05) is 37.4 Å². The van der Waals surface area contributed by atoms with Gasteiger partial charge < -0.3 is 10.1 Å². The monoisotopic (exact) mass is 336 g/mol. The van der Waals surface area contributed by atoms with Gasteiger partial charge in [0.15, 0.2) is 5.65 Å². The zero-order valence-electron chi connectivity index (χ0n) is 14.3. The molecule has 6 heteroatoms. The molecule has 1 aromatic carbocycles. The summed E-state index contributed by atoms with van der Waals surface area (Å²) in [4.78, 5) is 17.5. The van der Waals surface area contributed by atoms with Crippen molar-refractivity contribution in [2.24, 2.45) is 7.05 Å². The first-order chi connectivity index (χ1) is 12.2. The standard InChI is InChI=1S/C19H20N4O2/c1-23-18-15(11-20-23)14(19(24)21-12-6-5-7-12)10-16(22-18)13-8-3-4-9-17(13)25-2/h3-4,8-12H,5-7H2,1-2H3,(H,21,24). The highest BCUT2D eigenvalue weighted by atomic mass is 16.5. The van der Waals surface area contributed by atoms with E-state index >= 15 is 0 Å². The third kappa shape index (κ3) is 2.73. The van der Waals surface area contributed by atoms with E-state index in [1.165, 1.54) is 6.42 Å². The summed E-state index contributed by atoms with van der Waals surface area (Å²) in [6, 6.07) is 9.78. The Morgan fingerprint density at radius 3 is 2.84 bits per heavy atom. The van der Waals surface area contributed by atoms with E-state index < -0.39 is 0 Å². The summed E-state index contributed by atoms with van der Waals surface area (Å²) < 4.78 is 7.14. The van der Waals surface area contributed by atoms with Gasteiger partial charge in [-0.25, -0.2) is 4.98 Å². The third-order valence-corrected chi connectivity index (χ3v) is 4.77. The number of aromatic nitrogens is 3. The lowest BCUT2D eigenvalue weighted by atomic mass is 9.93. The van der Waals surface area contributed by atoms with Crippen LogP contribution >= 0.6 is 0 Å². The minimum atomic E-state index is -0.0683. The highest BCUT2D eigenvalue weighted by Crippen LogP contribution is 2.31. The minimum absolute atomic E-state index is 0.0683. The normalized spacial score (nSPS) is 14.3. The molecule has 128 valence electrons. The number of nitrogens with one attached hydrogen (secondary N) is 1. The van der Waals surface area contributed by atoms with Crippen molar-refractivity contribution in [3.8, 4) is 17.0 Å². The summed E-state index contributed by atoms with van der Waals surface area (Å²) in [5.41, 5.74) is 2.84. The molecule has 6 nitrogen and oxygen atoms in total. The fourth-order valence-electron chi connectivity index (χ4n) is 3.11. The van der Waals surface area contributed by atoms with E-state index in [4.69, 9.17) is 9.72 Å². The molecule has 4 rings (SSSR count). The lowest BCUT2D eigenvalue weighted by Crippen LogP contribution is -2.39. The van der Waals surface area contributed by atoms with Crippen LogP contribution in [0.1, 0.15) is 29.6 Å². The SMILES string of the molecule is COc1ccccc1-c1cc(C(=O)NC2CCC2)c2cnn(C)c2n1. The molecule has 0 aliphatic heterocycles. The van der Waals surface area contributed by atoms with Crippen molar-refractivity contribution in [2.75, 3.05) is 7.11 Å². The molecule has 0 spiro atoms. The van der Waals surface area contributed by atoms with E-state index in [0.717, 1.165) is 29.5 Å². The van der Waals surface area contributed by atoms with E-state index in [0.29, 0.717) is 16.9 Å². The van der Waals surface area contributed by atoms with Crippen LogP contribution in [0.4, 0.5) is 0 Å². The molecule has 1 fully saturated rings. The van der Waals surface area contributed by atoms with Gasteiger partial charge in [0.05, 0.1) is 30.0 Å². The molecule has 2 aromatic heterocycles. The predicted octanol–water partition coefficient (Wildman–Crippen LogP) is 2.93. The van der Waals surface area contributed by atoms with Crippen LogP contribution < -0.4 is 10.1 Å². The van der Waals surface area contributed by atoms with Gasteiger partial charge in [-0.15, -0.1) is 0 Å². The number of fused-ring (bicyclic) bond motifs is 1. The van der Waals surface area contributed by atoms with Crippen LogP contribution in [-0.2, 0) is 7.05 Å². The summed E-state index contributed by atoms with van der Waals surface area (Å²) in [5, 5.41) is 8.14. The lowest BCUT2D eigenvalue weighted by Gasteiger charge is -2.26. The Labute approximate surface area is 145 Å². The Hall–Kier alpha value is -2.89. The average Bonchev–Trinajstić information content (AvgIpc) is 2.98. The lowest BCUT2D eigenvalue weighted by molar-refractivity contribution is 0.0918. The second-order valence-electron chi connectivity index (χ2n) is 6.36. The molecule has 3 aromatic rings. The van der Waals surface area contributed by atoms with Crippen molar-refractivity contribution in [2.45, 2.75) is 25.3 Å². The summed E-state index contributed by atoms with van der Waals surface area (Å²) in [6.07, 6.45) is 4.97. The highest BCUT2D eigenvalue weighted by Gasteiger charge is 2.23. The summed E-state index contributed by atoms with van der Waals surface area (Å²) in [7, 11) is 3.46. The van der Waals surface area contributed by atoms with Crippen molar-refractivity contribution in [3.05, 3.63) is 42.1 Å². The molecular weight excluding hydrogens is 316 g/mol. The first kappa shape index (κ1) is 15.6. The van der Waals surface area contributed by atoms with Gasteiger partial charge >= 0.3 is 0 Å².